The zero-order valence-electron chi connectivity index (χ0n) is 11.1. The fraction of sp³-hybridized carbons (Fsp3) is 0.833. The van der Waals surface area contributed by atoms with Gasteiger partial charge in [-0.3, -0.25) is 9.59 Å². The Labute approximate surface area is 113 Å². The van der Waals surface area contributed by atoms with Crippen LogP contribution in [0.5, 0.6) is 0 Å². The summed E-state index contributed by atoms with van der Waals surface area (Å²) in [6.07, 6.45) is 1.16. The molecule has 0 aromatic carbocycles. The van der Waals surface area contributed by atoms with E-state index in [2.05, 4.69) is 10.6 Å². The van der Waals surface area contributed by atoms with Crippen molar-refractivity contribution in [1.29, 1.82) is 0 Å². The molecule has 4 N–H and O–H groups in total. The lowest BCUT2D eigenvalue weighted by Gasteiger charge is -2.15. The molecule has 5 nitrogen and oxygen atoms in total. The second kappa shape index (κ2) is 7.63. The van der Waals surface area contributed by atoms with E-state index in [0.717, 1.165) is 12.2 Å². The molecule has 6 heteroatoms. The van der Waals surface area contributed by atoms with E-state index in [-0.39, 0.29) is 24.3 Å². The van der Waals surface area contributed by atoms with Gasteiger partial charge in [0, 0.05) is 6.54 Å². The molecule has 0 aliphatic carbocycles. The van der Waals surface area contributed by atoms with Crippen LogP contribution in [-0.4, -0.2) is 42.5 Å². The van der Waals surface area contributed by atoms with Gasteiger partial charge in [-0.25, -0.2) is 0 Å². The Morgan fingerprint density at radius 1 is 1.39 bits per heavy atom. The molecule has 1 saturated heterocycles. The molecule has 104 valence electrons. The Balaban J connectivity index is 2.14. The number of hydrogen-bond donors (Lipinski definition) is 3. The lowest BCUT2D eigenvalue weighted by molar-refractivity contribution is -0.127. The van der Waals surface area contributed by atoms with Crippen molar-refractivity contribution in [3.63, 3.8) is 0 Å². The highest BCUT2D eigenvalue weighted by Gasteiger charge is 2.19. The summed E-state index contributed by atoms with van der Waals surface area (Å²) in [6.45, 7) is 4.47. The highest BCUT2D eigenvalue weighted by Crippen LogP contribution is 2.22. The highest BCUT2D eigenvalue weighted by molar-refractivity contribution is 7.99. The van der Waals surface area contributed by atoms with Gasteiger partial charge in [-0.15, -0.1) is 0 Å². The van der Waals surface area contributed by atoms with E-state index in [0.29, 0.717) is 12.5 Å². The van der Waals surface area contributed by atoms with E-state index in [1.165, 1.54) is 5.75 Å². The number of hydrogen-bond acceptors (Lipinski definition) is 4. The lowest BCUT2D eigenvalue weighted by Crippen LogP contribution is -2.47. The van der Waals surface area contributed by atoms with Crippen LogP contribution in [0.1, 0.15) is 20.3 Å². The van der Waals surface area contributed by atoms with Gasteiger partial charge < -0.3 is 16.4 Å². The van der Waals surface area contributed by atoms with Gasteiger partial charge in [-0.2, -0.15) is 11.8 Å². The molecule has 0 saturated carbocycles. The molecule has 0 radical (unpaired) electrons. The molecule has 2 amide bonds. The van der Waals surface area contributed by atoms with Gasteiger partial charge in [0.05, 0.1) is 12.6 Å². The van der Waals surface area contributed by atoms with Crippen molar-refractivity contribution in [3.8, 4) is 0 Å². The van der Waals surface area contributed by atoms with Gasteiger partial charge >= 0.3 is 0 Å². The quantitative estimate of drug-likeness (QED) is 0.634. The average Bonchev–Trinajstić information content (AvgIpc) is 2.85. The van der Waals surface area contributed by atoms with Crippen LogP contribution in [0.25, 0.3) is 0 Å². The predicted octanol–water partition coefficient (Wildman–Crippen LogP) is -0.0448. The molecular weight excluding hydrogens is 250 g/mol. The topological polar surface area (TPSA) is 84.2 Å². The molecule has 1 aliphatic heterocycles. The van der Waals surface area contributed by atoms with Crippen molar-refractivity contribution in [2.75, 3.05) is 24.6 Å². The second-order valence-electron chi connectivity index (χ2n) is 5.02. The van der Waals surface area contributed by atoms with Gasteiger partial charge in [0.2, 0.25) is 11.8 Å². The number of rotatable bonds is 6. The van der Waals surface area contributed by atoms with Gasteiger partial charge in [-0.1, -0.05) is 13.8 Å². The number of nitrogens with one attached hydrogen (secondary N) is 2. The standard InChI is InChI=1S/C12H23N3O2S/c1-8(2)11(13)12(17)15-6-10(16)14-5-9-3-4-18-7-9/h8-9,11H,3-7,13H2,1-2H3,(H,14,16)(H,15,17)/t9?,11-/m0/s1. The summed E-state index contributed by atoms with van der Waals surface area (Å²) >= 11 is 1.92. The van der Waals surface area contributed by atoms with Crippen molar-refractivity contribution in [2.45, 2.75) is 26.3 Å². The van der Waals surface area contributed by atoms with E-state index < -0.39 is 6.04 Å². The first-order valence-electron chi connectivity index (χ1n) is 6.38. The molecule has 0 aromatic heterocycles. The van der Waals surface area contributed by atoms with Crippen LogP contribution in [0.4, 0.5) is 0 Å². The fourth-order valence-electron chi connectivity index (χ4n) is 1.65. The molecule has 0 bridgehead atoms. The first-order chi connectivity index (χ1) is 8.50. The number of carbonyl (C=O) groups is 2. The maximum Gasteiger partial charge on any atom is 0.239 e. The molecule has 1 heterocycles. The summed E-state index contributed by atoms with van der Waals surface area (Å²) in [5.41, 5.74) is 5.67. The molecule has 18 heavy (non-hydrogen) atoms. The maximum atomic E-state index is 11.5. The second-order valence-corrected chi connectivity index (χ2v) is 6.17. The minimum absolute atomic E-state index is 0.0130. The third-order valence-electron chi connectivity index (χ3n) is 3.06. The summed E-state index contributed by atoms with van der Waals surface area (Å²) in [6, 6.07) is -0.552. The van der Waals surface area contributed by atoms with E-state index in [1.807, 2.05) is 25.6 Å². The Bertz CT molecular complexity index is 291. The van der Waals surface area contributed by atoms with Crippen LogP contribution in [0, 0.1) is 11.8 Å². The largest absolute Gasteiger partial charge is 0.354 e. The fourth-order valence-corrected chi connectivity index (χ4v) is 2.94. The Hall–Kier alpha value is -0.750. The zero-order chi connectivity index (χ0) is 13.5. The Kier molecular flexibility index (Phi) is 6.49. The van der Waals surface area contributed by atoms with Crippen molar-refractivity contribution >= 4 is 23.6 Å². The monoisotopic (exact) mass is 273 g/mol. The van der Waals surface area contributed by atoms with Crippen LogP contribution < -0.4 is 16.4 Å². The normalized spacial score (nSPS) is 20.8. The lowest BCUT2D eigenvalue weighted by atomic mass is 10.1. The molecule has 2 atom stereocenters. The van der Waals surface area contributed by atoms with Crippen LogP contribution in [0.15, 0.2) is 0 Å². The molecule has 1 rings (SSSR count). The number of thioether (sulfide) groups is 1. The summed E-state index contributed by atoms with van der Waals surface area (Å²) in [5, 5.41) is 5.40. The molecule has 0 spiro atoms. The van der Waals surface area contributed by atoms with Crippen LogP contribution in [0.3, 0.4) is 0 Å². The molecular formula is C12H23N3O2S. The third-order valence-corrected chi connectivity index (χ3v) is 4.29. The molecule has 1 aliphatic rings. The number of nitrogens with two attached hydrogens (primary N) is 1. The minimum Gasteiger partial charge on any atom is -0.354 e. The van der Waals surface area contributed by atoms with Gasteiger partial charge in [0.15, 0.2) is 0 Å². The average molecular weight is 273 g/mol. The van der Waals surface area contributed by atoms with Gasteiger partial charge in [0.1, 0.15) is 0 Å². The molecule has 1 fully saturated rings. The van der Waals surface area contributed by atoms with E-state index in [1.54, 1.807) is 0 Å². The van der Waals surface area contributed by atoms with Gasteiger partial charge in [-0.05, 0) is 29.8 Å². The summed E-state index contributed by atoms with van der Waals surface area (Å²) in [5.74, 6) is 2.54. The minimum atomic E-state index is -0.552. The van der Waals surface area contributed by atoms with Crippen molar-refractivity contribution in [3.05, 3.63) is 0 Å². The number of amides is 2. The first kappa shape index (κ1) is 15.3. The van der Waals surface area contributed by atoms with Crippen LogP contribution in [-0.2, 0) is 9.59 Å². The third kappa shape index (κ3) is 5.27. The van der Waals surface area contributed by atoms with Crippen LogP contribution >= 0.6 is 11.8 Å². The summed E-state index contributed by atoms with van der Waals surface area (Å²) < 4.78 is 0. The highest BCUT2D eigenvalue weighted by atomic mass is 32.2. The van der Waals surface area contributed by atoms with Crippen LogP contribution in [0.2, 0.25) is 0 Å². The van der Waals surface area contributed by atoms with Gasteiger partial charge in [0.25, 0.3) is 0 Å². The van der Waals surface area contributed by atoms with Crippen molar-refractivity contribution in [1.82, 2.24) is 10.6 Å². The van der Waals surface area contributed by atoms with Crippen molar-refractivity contribution in [2.24, 2.45) is 17.6 Å². The molecule has 0 aromatic rings. The number of carbonyl (C=O) groups excluding carboxylic acids is 2. The smallest absolute Gasteiger partial charge is 0.239 e. The SMILES string of the molecule is CC(C)[C@H](N)C(=O)NCC(=O)NCC1CCSC1. The maximum absolute atomic E-state index is 11.5. The zero-order valence-corrected chi connectivity index (χ0v) is 11.9. The Morgan fingerprint density at radius 2 is 2.11 bits per heavy atom. The predicted molar refractivity (Wildman–Crippen MR) is 74.3 cm³/mol. The van der Waals surface area contributed by atoms with E-state index in [4.69, 9.17) is 5.73 Å². The summed E-state index contributed by atoms with van der Waals surface area (Å²) in [7, 11) is 0. The van der Waals surface area contributed by atoms with E-state index >= 15 is 0 Å². The summed E-state index contributed by atoms with van der Waals surface area (Å²) in [4.78, 5) is 23.1. The molecule has 1 unspecified atom stereocenters. The Morgan fingerprint density at radius 3 is 2.67 bits per heavy atom. The van der Waals surface area contributed by atoms with Crippen molar-refractivity contribution < 1.29 is 9.59 Å². The first-order valence-corrected chi connectivity index (χ1v) is 7.54. The van der Waals surface area contributed by atoms with E-state index in [9.17, 15) is 9.59 Å².